The van der Waals surface area contributed by atoms with Crippen molar-refractivity contribution in [2.24, 2.45) is 12.8 Å². The van der Waals surface area contributed by atoms with Gasteiger partial charge in [-0.25, -0.2) is 8.78 Å². The maximum Gasteiger partial charge on any atom is 0.190 e. The number of nitrogens with zero attached hydrogens (tertiary/aromatic N) is 2. The first-order chi connectivity index (χ1) is 8.91. The summed E-state index contributed by atoms with van der Waals surface area (Å²) in [5.41, 5.74) is 5.47. The molecule has 1 aromatic carbocycles. The van der Waals surface area contributed by atoms with Crippen molar-refractivity contribution in [3.8, 4) is 0 Å². The van der Waals surface area contributed by atoms with E-state index in [1.165, 1.54) is 23.1 Å². The van der Waals surface area contributed by atoms with E-state index in [0.717, 1.165) is 6.07 Å². The lowest BCUT2D eigenvalue weighted by molar-refractivity contribution is 0.0952. The van der Waals surface area contributed by atoms with Gasteiger partial charge < -0.3 is 5.73 Å². The Kier molecular flexibility index (Phi) is 3.77. The van der Waals surface area contributed by atoms with Crippen LogP contribution in [-0.4, -0.2) is 15.6 Å². The number of benzene rings is 1. The second-order valence-corrected chi connectivity index (χ2v) is 4.86. The van der Waals surface area contributed by atoms with Crippen LogP contribution in [-0.2, 0) is 7.05 Å². The number of carbonyl (C=O) groups is 1. The molecule has 0 spiro atoms. The Morgan fingerprint density at radius 1 is 1.47 bits per heavy atom. The van der Waals surface area contributed by atoms with Crippen LogP contribution in [0, 0.1) is 11.6 Å². The van der Waals surface area contributed by atoms with E-state index in [-0.39, 0.29) is 4.47 Å². The fourth-order valence-corrected chi connectivity index (χ4v) is 1.99. The largest absolute Gasteiger partial charge is 0.317 e. The molecule has 0 aliphatic rings. The molecule has 19 heavy (non-hydrogen) atoms. The van der Waals surface area contributed by atoms with Crippen molar-refractivity contribution in [3.63, 3.8) is 0 Å². The Balaban J connectivity index is 2.42. The lowest BCUT2D eigenvalue weighted by Gasteiger charge is -2.10. The molecule has 2 rings (SSSR count). The molecule has 1 heterocycles. The molecule has 1 aromatic heterocycles. The zero-order valence-corrected chi connectivity index (χ0v) is 11.5. The van der Waals surface area contributed by atoms with Gasteiger partial charge in [-0.2, -0.15) is 5.10 Å². The minimum atomic E-state index is -1.16. The van der Waals surface area contributed by atoms with Crippen LogP contribution in [0.5, 0.6) is 0 Å². The topological polar surface area (TPSA) is 60.9 Å². The number of aryl methyl sites for hydroxylation is 1. The predicted octanol–water partition coefficient (Wildman–Crippen LogP) is 2.34. The van der Waals surface area contributed by atoms with Gasteiger partial charge in [-0.3, -0.25) is 9.48 Å². The lowest BCUT2D eigenvalue weighted by atomic mass is 10.00. The molecule has 0 aliphatic carbocycles. The van der Waals surface area contributed by atoms with Crippen LogP contribution < -0.4 is 5.73 Å². The predicted molar refractivity (Wildman–Crippen MR) is 68.5 cm³/mol. The summed E-state index contributed by atoms with van der Waals surface area (Å²) in [6.45, 7) is 0. The first kappa shape index (κ1) is 13.8. The van der Waals surface area contributed by atoms with E-state index >= 15 is 0 Å². The van der Waals surface area contributed by atoms with E-state index in [4.69, 9.17) is 5.73 Å². The van der Waals surface area contributed by atoms with E-state index in [0.29, 0.717) is 5.56 Å². The van der Waals surface area contributed by atoms with Crippen molar-refractivity contribution >= 4 is 21.7 Å². The number of aromatic nitrogens is 2. The number of rotatable bonds is 3. The number of halogens is 3. The Labute approximate surface area is 116 Å². The number of hydrogen-bond acceptors (Lipinski definition) is 3. The minimum Gasteiger partial charge on any atom is -0.317 e. The molecule has 0 aliphatic heterocycles. The minimum absolute atomic E-state index is 0.00985. The van der Waals surface area contributed by atoms with Crippen molar-refractivity contribution in [2.45, 2.75) is 6.04 Å². The number of carbonyl (C=O) groups excluding carboxylic acids is 1. The smallest absolute Gasteiger partial charge is 0.190 e. The van der Waals surface area contributed by atoms with E-state index in [9.17, 15) is 13.6 Å². The molecule has 1 atom stereocenters. The average molecular weight is 330 g/mol. The Hall–Kier alpha value is -1.60. The van der Waals surface area contributed by atoms with Crippen molar-refractivity contribution in [2.75, 3.05) is 0 Å². The van der Waals surface area contributed by atoms with E-state index < -0.39 is 29.0 Å². The third-order valence-corrected chi connectivity index (χ3v) is 3.27. The molecule has 2 N–H and O–H groups in total. The first-order valence-corrected chi connectivity index (χ1v) is 6.13. The Bertz CT molecular complexity index is 642. The standard InChI is InChI=1S/C12H10BrF2N3O/c1-18-5-6(4-17-18)11(16)12(19)9-8(14)3-2-7(13)10(9)15/h2-5,11H,16H2,1H3. The van der Waals surface area contributed by atoms with Gasteiger partial charge in [0.15, 0.2) is 11.6 Å². The highest BCUT2D eigenvalue weighted by Gasteiger charge is 2.26. The van der Waals surface area contributed by atoms with Gasteiger partial charge in [-0.1, -0.05) is 0 Å². The van der Waals surface area contributed by atoms with Gasteiger partial charge in [0.2, 0.25) is 0 Å². The van der Waals surface area contributed by atoms with E-state index in [1.54, 1.807) is 7.05 Å². The van der Waals surface area contributed by atoms with Crippen LogP contribution in [0.25, 0.3) is 0 Å². The van der Waals surface area contributed by atoms with Crippen LogP contribution in [0.4, 0.5) is 8.78 Å². The van der Waals surface area contributed by atoms with Crippen molar-refractivity contribution in [3.05, 3.63) is 51.8 Å². The molecule has 1 unspecified atom stereocenters. The van der Waals surface area contributed by atoms with E-state index in [1.807, 2.05) is 0 Å². The zero-order valence-electron chi connectivity index (χ0n) is 9.90. The molecule has 4 nitrogen and oxygen atoms in total. The van der Waals surface area contributed by atoms with Crippen LogP contribution in [0.2, 0.25) is 0 Å². The van der Waals surface area contributed by atoms with Crippen molar-refractivity contribution in [1.82, 2.24) is 9.78 Å². The van der Waals surface area contributed by atoms with Gasteiger partial charge >= 0.3 is 0 Å². The monoisotopic (exact) mass is 329 g/mol. The summed E-state index contributed by atoms with van der Waals surface area (Å²) in [5.74, 6) is -2.72. The molecular weight excluding hydrogens is 320 g/mol. The quantitative estimate of drug-likeness (QED) is 0.694. The second kappa shape index (κ2) is 5.18. The van der Waals surface area contributed by atoms with Crippen LogP contribution in [0.1, 0.15) is 22.0 Å². The number of hydrogen-bond donors (Lipinski definition) is 1. The van der Waals surface area contributed by atoms with Crippen LogP contribution in [0.3, 0.4) is 0 Å². The SMILES string of the molecule is Cn1cc(C(N)C(=O)c2c(F)ccc(Br)c2F)cn1. The zero-order chi connectivity index (χ0) is 14.2. The lowest BCUT2D eigenvalue weighted by Crippen LogP contribution is -2.23. The normalized spacial score (nSPS) is 12.5. The Morgan fingerprint density at radius 2 is 2.16 bits per heavy atom. The van der Waals surface area contributed by atoms with Crippen LogP contribution in [0.15, 0.2) is 29.0 Å². The fraction of sp³-hybridized carbons (Fsp3) is 0.167. The summed E-state index contributed by atoms with van der Waals surface area (Å²) in [5, 5.41) is 3.86. The third-order valence-electron chi connectivity index (χ3n) is 2.66. The second-order valence-electron chi connectivity index (χ2n) is 4.01. The summed E-state index contributed by atoms with van der Waals surface area (Å²) >= 11 is 2.91. The van der Waals surface area contributed by atoms with Crippen molar-refractivity contribution < 1.29 is 13.6 Å². The van der Waals surface area contributed by atoms with Gasteiger partial charge in [0, 0.05) is 18.8 Å². The van der Waals surface area contributed by atoms with Gasteiger partial charge in [0.1, 0.15) is 5.82 Å². The van der Waals surface area contributed by atoms with Gasteiger partial charge in [0.05, 0.1) is 22.3 Å². The number of Topliss-reactive ketones (excluding diaryl/α,β-unsaturated/α-hetero) is 1. The molecule has 0 bridgehead atoms. The Morgan fingerprint density at radius 3 is 2.74 bits per heavy atom. The molecule has 0 radical (unpaired) electrons. The van der Waals surface area contributed by atoms with E-state index in [2.05, 4.69) is 21.0 Å². The van der Waals surface area contributed by atoms with Gasteiger partial charge in [-0.05, 0) is 28.1 Å². The summed E-state index contributed by atoms with van der Waals surface area (Å²) in [6.07, 6.45) is 2.91. The van der Waals surface area contributed by atoms with Gasteiger partial charge in [-0.15, -0.1) is 0 Å². The highest BCUT2D eigenvalue weighted by atomic mass is 79.9. The first-order valence-electron chi connectivity index (χ1n) is 5.33. The maximum atomic E-state index is 13.8. The summed E-state index contributed by atoms with van der Waals surface area (Å²) in [6, 6.07) is 1.04. The molecule has 2 aromatic rings. The summed E-state index contributed by atoms with van der Waals surface area (Å²) in [4.78, 5) is 12.1. The third kappa shape index (κ3) is 2.57. The van der Waals surface area contributed by atoms with Gasteiger partial charge in [0.25, 0.3) is 0 Å². The molecular formula is C12H10BrF2N3O. The summed E-state index contributed by atoms with van der Waals surface area (Å²) < 4.78 is 28.9. The molecule has 100 valence electrons. The summed E-state index contributed by atoms with van der Waals surface area (Å²) in [7, 11) is 1.65. The molecule has 0 fully saturated rings. The highest BCUT2D eigenvalue weighted by Crippen LogP contribution is 2.25. The highest BCUT2D eigenvalue weighted by molar-refractivity contribution is 9.10. The molecule has 7 heteroatoms. The number of ketones is 1. The molecule has 0 saturated heterocycles. The average Bonchev–Trinajstić information content (AvgIpc) is 2.80. The molecule has 0 saturated carbocycles. The number of nitrogens with two attached hydrogens (primary N) is 1. The molecule has 0 amide bonds. The van der Waals surface area contributed by atoms with Crippen LogP contribution >= 0.6 is 15.9 Å². The maximum absolute atomic E-state index is 13.8. The van der Waals surface area contributed by atoms with Crippen molar-refractivity contribution in [1.29, 1.82) is 0 Å². The fourth-order valence-electron chi connectivity index (χ4n) is 1.66.